The van der Waals surface area contributed by atoms with Gasteiger partial charge in [0.15, 0.2) is 0 Å². The molecule has 0 saturated carbocycles. The average molecular weight is 316 g/mol. The van der Waals surface area contributed by atoms with Crippen molar-refractivity contribution in [3.8, 4) is 0 Å². The molecule has 22 heavy (non-hydrogen) atoms. The number of hydrogen-bond acceptors (Lipinski definition) is 3. The number of carbonyl (C=O) groups excluding carboxylic acids is 1. The molecule has 2 rings (SSSR count). The molecule has 0 saturated heterocycles. The Hall–Kier alpha value is -2.14. The first-order chi connectivity index (χ1) is 10.6. The van der Waals surface area contributed by atoms with E-state index in [1.807, 2.05) is 37.3 Å². The third-order valence-electron chi connectivity index (χ3n) is 2.97. The van der Waals surface area contributed by atoms with Crippen LogP contribution in [0.1, 0.15) is 18.1 Å². The predicted molar refractivity (Wildman–Crippen MR) is 89.3 cm³/mol. The van der Waals surface area contributed by atoms with E-state index in [0.29, 0.717) is 0 Å². The summed E-state index contributed by atoms with van der Waals surface area (Å²) in [6, 6.07) is 15.9. The van der Waals surface area contributed by atoms with Gasteiger partial charge in [-0.25, -0.2) is 9.82 Å². The summed E-state index contributed by atoms with van der Waals surface area (Å²) in [7, 11) is 0. The first-order valence-corrected chi connectivity index (χ1v) is 7.94. The van der Waals surface area contributed by atoms with Crippen LogP contribution >= 0.6 is 11.8 Å². The van der Waals surface area contributed by atoms with Gasteiger partial charge in [-0.2, -0.15) is 5.10 Å². The number of thioether (sulfide) groups is 1. The Labute approximate surface area is 133 Å². The van der Waals surface area contributed by atoms with Crippen molar-refractivity contribution in [3.63, 3.8) is 0 Å². The monoisotopic (exact) mass is 316 g/mol. The summed E-state index contributed by atoms with van der Waals surface area (Å²) in [5.74, 6) is 0.323. The second-order valence-corrected chi connectivity index (χ2v) is 6.05. The van der Waals surface area contributed by atoms with Crippen molar-refractivity contribution in [3.05, 3.63) is 71.5 Å². The summed E-state index contributed by atoms with van der Waals surface area (Å²) in [5.41, 5.74) is 4.41. The second-order valence-electron chi connectivity index (χ2n) is 4.72. The lowest BCUT2D eigenvalue weighted by Crippen LogP contribution is -2.26. The van der Waals surface area contributed by atoms with Gasteiger partial charge < -0.3 is 0 Å². The van der Waals surface area contributed by atoms with Gasteiger partial charge in [-0.3, -0.25) is 4.79 Å². The fourth-order valence-corrected chi connectivity index (χ4v) is 2.52. The van der Waals surface area contributed by atoms with Crippen LogP contribution in [0.3, 0.4) is 0 Å². The molecular weight excluding hydrogens is 299 g/mol. The number of benzene rings is 2. The van der Waals surface area contributed by atoms with Crippen LogP contribution in [0.2, 0.25) is 0 Å². The fraction of sp³-hybridized carbons (Fsp3) is 0.176. The fourth-order valence-electron chi connectivity index (χ4n) is 1.68. The summed E-state index contributed by atoms with van der Waals surface area (Å²) >= 11 is 1.55. The van der Waals surface area contributed by atoms with Crippen LogP contribution in [0.15, 0.2) is 59.7 Å². The number of rotatable bonds is 6. The Kier molecular flexibility index (Phi) is 6.15. The minimum absolute atomic E-state index is 0.153. The third kappa shape index (κ3) is 5.33. The van der Waals surface area contributed by atoms with Crippen molar-refractivity contribution in [2.45, 2.75) is 17.9 Å². The van der Waals surface area contributed by atoms with Crippen LogP contribution in [-0.2, 0) is 10.5 Å². The molecule has 0 aliphatic carbocycles. The number of nitrogens with zero attached hydrogens (tertiary/aromatic N) is 1. The standard InChI is InChI=1S/C17H17FN2OS/c1-13(22-12-15-5-3-2-4-6-15)17(21)20-19-11-14-7-9-16(18)10-8-14/h2-11,13H,12H2,1H3,(H,20,21)/b19-11-/t13-/m1/s1. The van der Waals surface area contributed by atoms with Crippen LogP contribution in [-0.4, -0.2) is 17.4 Å². The van der Waals surface area contributed by atoms with E-state index < -0.39 is 0 Å². The Bertz CT molecular complexity index is 629. The SMILES string of the molecule is C[C@@H](SCc1ccccc1)C(=O)N/N=C\c1ccc(F)cc1. The average Bonchev–Trinajstić information content (AvgIpc) is 2.55. The van der Waals surface area contributed by atoms with E-state index in [1.165, 1.54) is 23.9 Å². The lowest BCUT2D eigenvalue weighted by Gasteiger charge is -2.09. The van der Waals surface area contributed by atoms with E-state index in [4.69, 9.17) is 0 Å². The molecule has 5 heteroatoms. The summed E-state index contributed by atoms with van der Waals surface area (Å²) in [5, 5.41) is 3.68. The molecule has 0 spiro atoms. The van der Waals surface area contributed by atoms with Gasteiger partial charge in [0, 0.05) is 5.75 Å². The van der Waals surface area contributed by atoms with Gasteiger partial charge in [0.05, 0.1) is 11.5 Å². The number of nitrogens with one attached hydrogen (secondary N) is 1. The van der Waals surface area contributed by atoms with Crippen molar-refractivity contribution < 1.29 is 9.18 Å². The van der Waals surface area contributed by atoms with Gasteiger partial charge in [-0.1, -0.05) is 42.5 Å². The first-order valence-electron chi connectivity index (χ1n) is 6.89. The molecule has 0 aliphatic heterocycles. The van der Waals surface area contributed by atoms with Crippen molar-refractivity contribution in [1.29, 1.82) is 0 Å². The summed E-state index contributed by atoms with van der Waals surface area (Å²) in [6.07, 6.45) is 1.49. The molecule has 0 radical (unpaired) electrons. The minimum Gasteiger partial charge on any atom is -0.272 e. The van der Waals surface area contributed by atoms with Gasteiger partial charge in [0.25, 0.3) is 5.91 Å². The van der Waals surface area contributed by atoms with E-state index in [9.17, 15) is 9.18 Å². The zero-order valence-corrected chi connectivity index (χ0v) is 13.0. The molecule has 0 aliphatic rings. The molecular formula is C17H17FN2OS. The largest absolute Gasteiger partial charge is 0.272 e. The highest BCUT2D eigenvalue weighted by molar-refractivity contribution is 7.99. The van der Waals surface area contributed by atoms with E-state index in [2.05, 4.69) is 10.5 Å². The highest BCUT2D eigenvalue weighted by Gasteiger charge is 2.12. The number of hydrazone groups is 1. The number of halogens is 1. The zero-order chi connectivity index (χ0) is 15.8. The van der Waals surface area contributed by atoms with Crippen LogP contribution in [0.25, 0.3) is 0 Å². The molecule has 2 aromatic carbocycles. The number of amides is 1. The molecule has 0 fully saturated rings. The quantitative estimate of drug-likeness (QED) is 0.653. The Morgan fingerprint density at radius 1 is 1.23 bits per heavy atom. The van der Waals surface area contributed by atoms with E-state index in [0.717, 1.165) is 11.3 Å². The van der Waals surface area contributed by atoms with Crippen molar-refractivity contribution in [1.82, 2.24) is 5.43 Å². The first kappa shape index (κ1) is 16.2. The van der Waals surface area contributed by atoms with E-state index >= 15 is 0 Å². The molecule has 0 unspecified atom stereocenters. The van der Waals surface area contributed by atoms with Gasteiger partial charge in [-0.05, 0) is 30.2 Å². The minimum atomic E-state index is -0.299. The van der Waals surface area contributed by atoms with Crippen molar-refractivity contribution >= 4 is 23.9 Å². The van der Waals surface area contributed by atoms with Crippen molar-refractivity contribution in [2.24, 2.45) is 5.10 Å². The lowest BCUT2D eigenvalue weighted by atomic mass is 10.2. The smallest absolute Gasteiger partial charge is 0.252 e. The number of carbonyl (C=O) groups is 1. The Balaban J connectivity index is 1.77. The molecule has 114 valence electrons. The Morgan fingerprint density at radius 2 is 1.91 bits per heavy atom. The van der Waals surface area contributed by atoms with Crippen LogP contribution in [0, 0.1) is 5.82 Å². The molecule has 2 aromatic rings. The van der Waals surface area contributed by atoms with E-state index in [1.54, 1.807) is 23.9 Å². The molecule has 1 atom stereocenters. The molecule has 0 bridgehead atoms. The topological polar surface area (TPSA) is 41.5 Å². The molecule has 1 amide bonds. The van der Waals surface area contributed by atoms with E-state index in [-0.39, 0.29) is 17.0 Å². The summed E-state index contributed by atoms with van der Waals surface area (Å²) in [6.45, 7) is 1.84. The van der Waals surface area contributed by atoms with Gasteiger partial charge >= 0.3 is 0 Å². The maximum absolute atomic E-state index is 12.8. The summed E-state index contributed by atoms with van der Waals surface area (Å²) < 4.78 is 12.8. The lowest BCUT2D eigenvalue weighted by molar-refractivity contribution is -0.120. The molecule has 0 heterocycles. The highest BCUT2D eigenvalue weighted by Crippen LogP contribution is 2.17. The molecule has 0 aromatic heterocycles. The maximum Gasteiger partial charge on any atom is 0.252 e. The zero-order valence-electron chi connectivity index (χ0n) is 12.2. The molecule has 1 N–H and O–H groups in total. The van der Waals surface area contributed by atoms with Crippen LogP contribution in [0.5, 0.6) is 0 Å². The number of hydrogen-bond donors (Lipinski definition) is 1. The Morgan fingerprint density at radius 3 is 2.59 bits per heavy atom. The van der Waals surface area contributed by atoms with Gasteiger partial charge in [0.2, 0.25) is 0 Å². The predicted octanol–water partition coefficient (Wildman–Crippen LogP) is 3.60. The van der Waals surface area contributed by atoms with Crippen LogP contribution < -0.4 is 5.43 Å². The third-order valence-corrected chi connectivity index (χ3v) is 4.18. The molecule has 3 nitrogen and oxygen atoms in total. The van der Waals surface area contributed by atoms with Gasteiger partial charge in [-0.15, -0.1) is 11.8 Å². The summed E-state index contributed by atoms with van der Waals surface area (Å²) in [4.78, 5) is 11.9. The normalized spacial score (nSPS) is 12.3. The second kappa shape index (κ2) is 8.34. The van der Waals surface area contributed by atoms with Crippen molar-refractivity contribution in [2.75, 3.05) is 0 Å². The highest BCUT2D eigenvalue weighted by atomic mass is 32.2. The van der Waals surface area contributed by atoms with Gasteiger partial charge in [0.1, 0.15) is 5.82 Å². The van der Waals surface area contributed by atoms with Crippen LogP contribution in [0.4, 0.5) is 4.39 Å². The maximum atomic E-state index is 12.8.